The molecule has 18 heavy (non-hydrogen) atoms. The van der Waals surface area contributed by atoms with Crippen LogP contribution in [-0.2, 0) is 4.84 Å². The summed E-state index contributed by atoms with van der Waals surface area (Å²) in [6.45, 7) is -2.00. The van der Waals surface area contributed by atoms with Gasteiger partial charge in [0.25, 0.3) is 0 Å². The molecular weight excluding hydrogens is 249 g/mol. The van der Waals surface area contributed by atoms with Crippen LogP contribution >= 0.6 is 0 Å². The first-order valence-electron chi connectivity index (χ1n) is 5.52. The third kappa shape index (κ3) is 2.79. The summed E-state index contributed by atoms with van der Waals surface area (Å²) < 4.78 is 41.7. The Kier molecular flexibility index (Phi) is 3.81. The molecule has 7 heteroatoms. The van der Waals surface area contributed by atoms with E-state index >= 15 is 0 Å². The monoisotopic (exact) mass is 262 g/mol. The van der Waals surface area contributed by atoms with Crippen molar-refractivity contribution >= 4 is 11.4 Å². The summed E-state index contributed by atoms with van der Waals surface area (Å²) in [5.41, 5.74) is 6.11. The molecule has 2 N–H and O–H groups in total. The normalized spacial score (nSPS) is 16.1. The molecule has 1 aliphatic rings. The standard InChI is InChI=1S/C11H13F3N2O2/c12-7-5-8(15)9(6-10(7)18-11(13)14)16-3-1-2-4-17-16/h5-6,11H,1-4,15H2. The zero-order valence-electron chi connectivity index (χ0n) is 9.54. The van der Waals surface area contributed by atoms with E-state index in [0.717, 1.165) is 25.0 Å². The van der Waals surface area contributed by atoms with E-state index in [2.05, 4.69) is 4.74 Å². The molecule has 0 saturated carbocycles. The zero-order valence-corrected chi connectivity index (χ0v) is 9.54. The van der Waals surface area contributed by atoms with Crippen molar-refractivity contribution in [1.82, 2.24) is 0 Å². The Morgan fingerprint density at radius 2 is 2.11 bits per heavy atom. The van der Waals surface area contributed by atoms with Gasteiger partial charge in [-0.1, -0.05) is 0 Å². The molecule has 0 unspecified atom stereocenters. The number of hydroxylamine groups is 1. The molecule has 1 saturated heterocycles. The van der Waals surface area contributed by atoms with Crippen molar-refractivity contribution in [1.29, 1.82) is 0 Å². The molecule has 1 fully saturated rings. The van der Waals surface area contributed by atoms with E-state index < -0.39 is 18.2 Å². The van der Waals surface area contributed by atoms with Crippen LogP contribution in [0.1, 0.15) is 12.8 Å². The third-order valence-corrected chi connectivity index (χ3v) is 2.57. The van der Waals surface area contributed by atoms with Crippen LogP contribution in [0.3, 0.4) is 0 Å². The molecule has 2 rings (SSSR count). The summed E-state index contributed by atoms with van der Waals surface area (Å²) in [7, 11) is 0. The van der Waals surface area contributed by atoms with E-state index in [4.69, 9.17) is 10.6 Å². The number of ether oxygens (including phenoxy) is 1. The average Bonchev–Trinajstić information content (AvgIpc) is 2.33. The fourth-order valence-corrected chi connectivity index (χ4v) is 1.75. The number of benzene rings is 1. The lowest BCUT2D eigenvalue weighted by Gasteiger charge is -2.29. The molecule has 1 aromatic carbocycles. The first-order chi connectivity index (χ1) is 8.58. The van der Waals surface area contributed by atoms with Gasteiger partial charge in [0.15, 0.2) is 11.6 Å². The lowest BCUT2D eigenvalue weighted by molar-refractivity contribution is -0.0522. The maximum Gasteiger partial charge on any atom is 0.387 e. The second-order valence-electron chi connectivity index (χ2n) is 3.86. The first-order valence-corrected chi connectivity index (χ1v) is 5.52. The second kappa shape index (κ2) is 5.34. The fourth-order valence-electron chi connectivity index (χ4n) is 1.75. The van der Waals surface area contributed by atoms with Crippen LogP contribution in [0, 0.1) is 5.82 Å². The summed E-state index contributed by atoms with van der Waals surface area (Å²) in [6, 6.07) is 2.08. The summed E-state index contributed by atoms with van der Waals surface area (Å²) >= 11 is 0. The highest BCUT2D eigenvalue weighted by Crippen LogP contribution is 2.33. The summed E-state index contributed by atoms with van der Waals surface area (Å²) in [5.74, 6) is -1.46. The number of nitrogens with two attached hydrogens (primary N) is 1. The smallest absolute Gasteiger partial charge is 0.387 e. The molecule has 0 amide bonds. The van der Waals surface area contributed by atoms with E-state index in [-0.39, 0.29) is 5.69 Å². The van der Waals surface area contributed by atoms with Gasteiger partial charge in [-0.3, -0.25) is 9.90 Å². The van der Waals surface area contributed by atoms with Crippen LogP contribution in [-0.4, -0.2) is 19.8 Å². The molecule has 1 aliphatic heterocycles. The van der Waals surface area contributed by atoms with Crippen molar-refractivity contribution in [2.24, 2.45) is 0 Å². The van der Waals surface area contributed by atoms with E-state index in [9.17, 15) is 13.2 Å². The molecule has 4 nitrogen and oxygen atoms in total. The largest absolute Gasteiger partial charge is 0.432 e. The highest BCUT2D eigenvalue weighted by molar-refractivity contribution is 5.69. The Hall–Kier alpha value is -1.63. The van der Waals surface area contributed by atoms with E-state index in [1.165, 1.54) is 5.06 Å². The molecule has 0 radical (unpaired) electrons. The quantitative estimate of drug-likeness (QED) is 0.850. The Morgan fingerprint density at radius 3 is 2.72 bits per heavy atom. The predicted molar refractivity (Wildman–Crippen MR) is 60.0 cm³/mol. The highest BCUT2D eigenvalue weighted by atomic mass is 19.3. The van der Waals surface area contributed by atoms with E-state index in [1.54, 1.807) is 0 Å². The lowest BCUT2D eigenvalue weighted by Crippen LogP contribution is -2.30. The average molecular weight is 262 g/mol. The van der Waals surface area contributed by atoms with Crippen molar-refractivity contribution in [3.05, 3.63) is 17.9 Å². The number of anilines is 2. The number of rotatable bonds is 3. The van der Waals surface area contributed by atoms with Crippen molar-refractivity contribution in [2.75, 3.05) is 23.9 Å². The van der Waals surface area contributed by atoms with Crippen LogP contribution in [0.4, 0.5) is 24.5 Å². The van der Waals surface area contributed by atoms with Crippen LogP contribution < -0.4 is 15.5 Å². The Balaban J connectivity index is 2.28. The minimum Gasteiger partial charge on any atom is -0.432 e. The van der Waals surface area contributed by atoms with Crippen molar-refractivity contribution in [3.63, 3.8) is 0 Å². The summed E-state index contributed by atoms with van der Waals surface area (Å²) in [4.78, 5) is 5.33. The van der Waals surface area contributed by atoms with Gasteiger partial charge in [-0.05, 0) is 12.8 Å². The summed E-state index contributed by atoms with van der Waals surface area (Å²) in [5, 5.41) is 1.47. The van der Waals surface area contributed by atoms with Crippen molar-refractivity contribution in [3.8, 4) is 5.75 Å². The molecule has 1 heterocycles. The van der Waals surface area contributed by atoms with Crippen molar-refractivity contribution in [2.45, 2.75) is 19.5 Å². The topological polar surface area (TPSA) is 47.7 Å². The minimum absolute atomic E-state index is 0.121. The number of hydrogen-bond acceptors (Lipinski definition) is 4. The molecule has 0 spiro atoms. The molecule has 0 aromatic heterocycles. The third-order valence-electron chi connectivity index (χ3n) is 2.57. The molecule has 0 atom stereocenters. The predicted octanol–water partition coefficient (Wildman–Crippen LogP) is 2.54. The van der Waals surface area contributed by atoms with Crippen LogP contribution in [0.15, 0.2) is 12.1 Å². The molecule has 0 aliphatic carbocycles. The van der Waals surface area contributed by atoms with E-state index in [1.807, 2.05) is 0 Å². The molecule has 0 bridgehead atoms. The van der Waals surface area contributed by atoms with Gasteiger partial charge < -0.3 is 10.5 Å². The number of halogens is 3. The Labute approximate surface area is 102 Å². The maximum atomic E-state index is 13.4. The van der Waals surface area contributed by atoms with Gasteiger partial charge >= 0.3 is 6.61 Å². The second-order valence-corrected chi connectivity index (χ2v) is 3.86. The van der Waals surface area contributed by atoms with Crippen LogP contribution in [0.25, 0.3) is 0 Å². The van der Waals surface area contributed by atoms with Gasteiger partial charge in [0.2, 0.25) is 0 Å². The van der Waals surface area contributed by atoms with Gasteiger partial charge in [0.1, 0.15) is 0 Å². The number of nitrogen functional groups attached to an aromatic ring is 1. The number of alkyl halides is 2. The van der Waals surface area contributed by atoms with Gasteiger partial charge in [0.05, 0.1) is 18.0 Å². The Morgan fingerprint density at radius 1 is 1.33 bits per heavy atom. The molecule has 100 valence electrons. The zero-order chi connectivity index (χ0) is 13.1. The lowest BCUT2D eigenvalue weighted by atomic mass is 10.2. The SMILES string of the molecule is Nc1cc(F)c(OC(F)F)cc1N1CCCCO1. The fraction of sp³-hybridized carbons (Fsp3) is 0.455. The van der Waals surface area contributed by atoms with Gasteiger partial charge in [-0.25, -0.2) is 4.39 Å². The van der Waals surface area contributed by atoms with Crippen molar-refractivity contribution < 1.29 is 22.7 Å². The Bertz CT molecular complexity index is 423. The highest BCUT2D eigenvalue weighted by Gasteiger charge is 2.19. The van der Waals surface area contributed by atoms with E-state index in [0.29, 0.717) is 18.8 Å². The van der Waals surface area contributed by atoms with Crippen LogP contribution in [0.5, 0.6) is 5.75 Å². The number of hydrogen-bond donors (Lipinski definition) is 1. The van der Waals surface area contributed by atoms with Gasteiger partial charge in [-0.2, -0.15) is 8.78 Å². The first kappa shape index (κ1) is 12.8. The summed E-state index contributed by atoms with van der Waals surface area (Å²) in [6.07, 6.45) is 1.81. The minimum atomic E-state index is -3.08. The molecule has 1 aromatic rings. The van der Waals surface area contributed by atoms with Gasteiger partial charge in [-0.15, -0.1) is 0 Å². The van der Waals surface area contributed by atoms with Gasteiger partial charge in [0, 0.05) is 18.7 Å². The molecular formula is C11H13F3N2O2. The number of nitrogens with zero attached hydrogens (tertiary/aromatic N) is 1. The van der Waals surface area contributed by atoms with Crippen LogP contribution in [0.2, 0.25) is 0 Å². The maximum absolute atomic E-state index is 13.4.